The van der Waals surface area contributed by atoms with Gasteiger partial charge in [0.1, 0.15) is 0 Å². The van der Waals surface area contributed by atoms with Crippen LogP contribution in [0.4, 0.5) is 0 Å². The SMILES string of the molecule is c1ccc(-n2c3ccccc3c3cc(-c4ccc5c(c4)c4cc(-c6ccc7c(c6)C6(c8ccccc8-c8ccccc86)c6ccccc6-7)ccc4n5-c4ccccc4)ccc32)cc1. The maximum Gasteiger partial charge on any atom is 0.0725 e. The molecule has 0 unspecified atom stereocenters. The van der Waals surface area contributed by atoms with Crippen molar-refractivity contribution in [2.45, 2.75) is 5.41 Å². The maximum atomic E-state index is 2.50. The average molecular weight is 799 g/mol. The second-order valence-electron chi connectivity index (χ2n) is 17.2. The van der Waals surface area contributed by atoms with E-state index in [1.165, 1.54) is 116 Å². The van der Waals surface area contributed by atoms with Gasteiger partial charge in [-0.3, -0.25) is 0 Å². The second kappa shape index (κ2) is 12.9. The van der Waals surface area contributed by atoms with Gasteiger partial charge in [-0.1, -0.05) is 158 Å². The molecule has 1 spiro atoms. The van der Waals surface area contributed by atoms with E-state index in [0.29, 0.717) is 0 Å². The van der Waals surface area contributed by atoms with Gasteiger partial charge in [-0.15, -0.1) is 0 Å². The van der Waals surface area contributed by atoms with Crippen LogP contribution in [0.2, 0.25) is 0 Å². The topological polar surface area (TPSA) is 9.86 Å². The van der Waals surface area contributed by atoms with Crippen molar-refractivity contribution in [3.05, 3.63) is 253 Å². The van der Waals surface area contributed by atoms with Gasteiger partial charge >= 0.3 is 0 Å². The number of hydrogen-bond acceptors (Lipinski definition) is 0. The molecule has 292 valence electrons. The summed E-state index contributed by atoms with van der Waals surface area (Å²) in [4.78, 5) is 0. The lowest BCUT2D eigenvalue weighted by molar-refractivity contribution is 0.794. The molecule has 0 radical (unpaired) electrons. The summed E-state index contributed by atoms with van der Waals surface area (Å²) >= 11 is 0. The van der Waals surface area contributed by atoms with Crippen LogP contribution in [-0.2, 0) is 5.41 Å². The van der Waals surface area contributed by atoms with Crippen molar-refractivity contribution in [3.63, 3.8) is 0 Å². The molecule has 10 aromatic carbocycles. The van der Waals surface area contributed by atoms with Gasteiger partial charge in [0, 0.05) is 32.9 Å². The van der Waals surface area contributed by atoms with Crippen molar-refractivity contribution in [2.75, 3.05) is 0 Å². The quantitative estimate of drug-likeness (QED) is 0.168. The van der Waals surface area contributed by atoms with Gasteiger partial charge in [-0.25, -0.2) is 0 Å². The molecule has 2 aliphatic rings. The lowest BCUT2D eigenvalue weighted by atomic mass is 9.70. The Hall–Kier alpha value is -8.20. The Morgan fingerprint density at radius 1 is 0.238 bits per heavy atom. The largest absolute Gasteiger partial charge is 0.309 e. The van der Waals surface area contributed by atoms with Crippen molar-refractivity contribution in [1.29, 1.82) is 0 Å². The highest BCUT2D eigenvalue weighted by Gasteiger charge is 2.51. The number of rotatable bonds is 4. The van der Waals surface area contributed by atoms with E-state index in [1.54, 1.807) is 0 Å². The standard InChI is InChI=1S/C61H38N2/c1-3-15-43(16-4-1)62-57-26-14-10-22-49(57)50-35-39(28-32-58(50)62)40-29-33-59-51(36-40)52-37-41(30-34-60(52)63(59)44-17-5-2-6-18-44)42-27-31-48-47-21-9-13-25-55(47)61(56(48)38-42)53-23-11-7-19-45(53)46-20-8-12-24-54(46)61/h1-38H. The lowest BCUT2D eigenvalue weighted by Gasteiger charge is -2.30. The van der Waals surface area contributed by atoms with Crippen LogP contribution in [-0.4, -0.2) is 9.13 Å². The molecule has 0 amide bonds. The summed E-state index contributed by atoms with van der Waals surface area (Å²) < 4.78 is 4.81. The van der Waals surface area contributed by atoms with Crippen molar-refractivity contribution < 1.29 is 0 Å². The van der Waals surface area contributed by atoms with Crippen molar-refractivity contribution in [3.8, 4) is 55.9 Å². The smallest absolute Gasteiger partial charge is 0.0725 e. The summed E-state index contributed by atoms with van der Waals surface area (Å²) in [7, 11) is 0. The van der Waals surface area contributed by atoms with E-state index in [2.05, 4.69) is 240 Å². The highest BCUT2D eigenvalue weighted by atomic mass is 15.0. The minimum Gasteiger partial charge on any atom is -0.309 e. The Balaban J connectivity index is 0.972. The molecule has 2 heterocycles. The number of benzene rings is 10. The molecule has 2 aromatic heterocycles. The Bertz CT molecular complexity index is 3780. The van der Waals surface area contributed by atoms with Crippen LogP contribution < -0.4 is 0 Å². The number of fused-ring (bicyclic) bond motifs is 16. The van der Waals surface area contributed by atoms with E-state index in [-0.39, 0.29) is 5.41 Å². The zero-order valence-electron chi connectivity index (χ0n) is 34.3. The van der Waals surface area contributed by atoms with E-state index in [9.17, 15) is 0 Å². The fourth-order valence-corrected chi connectivity index (χ4v) is 11.5. The van der Waals surface area contributed by atoms with Crippen molar-refractivity contribution in [1.82, 2.24) is 9.13 Å². The van der Waals surface area contributed by atoms with Crippen LogP contribution in [0.5, 0.6) is 0 Å². The molecular weight excluding hydrogens is 761 g/mol. The first kappa shape index (κ1) is 34.5. The van der Waals surface area contributed by atoms with Crippen LogP contribution in [0.25, 0.3) is 99.5 Å². The van der Waals surface area contributed by atoms with Gasteiger partial charge in [0.05, 0.1) is 27.5 Å². The monoisotopic (exact) mass is 798 g/mol. The molecule has 0 saturated carbocycles. The van der Waals surface area contributed by atoms with Gasteiger partial charge in [0.15, 0.2) is 0 Å². The van der Waals surface area contributed by atoms with Gasteiger partial charge in [0.2, 0.25) is 0 Å². The molecule has 0 fully saturated rings. The molecule has 63 heavy (non-hydrogen) atoms. The molecule has 12 aromatic rings. The molecule has 0 N–H and O–H groups in total. The zero-order chi connectivity index (χ0) is 41.2. The van der Waals surface area contributed by atoms with Crippen molar-refractivity contribution in [2.24, 2.45) is 0 Å². The molecule has 2 nitrogen and oxygen atoms in total. The van der Waals surface area contributed by atoms with Crippen LogP contribution in [0.1, 0.15) is 22.3 Å². The molecule has 0 aliphatic heterocycles. The molecule has 0 bridgehead atoms. The Morgan fingerprint density at radius 3 is 1.08 bits per heavy atom. The number of hydrogen-bond donors (Lipinski definition) is 0. The van der Waals surface area contributed by atoms with Crippen LogP contribution in [0, 0.1) is 0 Å². The molecule has 0 saturated heterocycles. The second-order valence-corrected chi connectivity index (χ2v) is 17.2. The molecule has 14 rings (SSSR count). The van der Waals surface area contributed by atoms with E-state index >= 15 is 0 Å². The number of para-hydroxylation sites is 3. The Kier molecular flexibility index (Phi) is 7.07. The van der Waals surface area contributed by atoms with Crippen LogP contribution in [0.3, 0.4) is 0 Å². The predicted molar refractivity (Wildman–Crippen MR) is 262 cm³/mol. The summed E-state index contributed by atoms with van der Waals surface area (Å²) in [6, 6.07) is 85.8. The fraction of sp³-hybridized carbons (Fsp3) is 0.0164. The first-order valence-corrected chi connectivity index (χ1v) is 21.9. The van der Waals surface area contributed by atoms with Gasteiger partial charge in [-0.05, 0) is 140 Å². The summed E-state index contributed by atoms with van der Waals surface area (Å²) in [5, 5.41) is 4.99. The van der Waals surface area contributed by atoms with E-state index in [1.807, 2.05) is 0 Å². The molecule has 2 aliphatic carbocycles. The van der Waals surface area contributed by atoms with Gasteiger partial charge in [-0.2, -0.15) is 0 Å². The van der Waals surface area contributed by atoms with E-state index < -0.39 is 0 Å². The zero-order valence-corrected chi connectivity index (χ0v) is 34.3. The van der Waals surface area contributed by atoms with E-state index in [4.69, 9.17) is 0 Å². The minimum absolute atomic E-state index is 0.383. The predicted octanol–water partition coefficient (Wildman–Crippen LogP) is 15.6. The molecule has 2 heteroatoms. The third-order valence-electron chi connectivity index (χ3n) is 14.1. The van der Waals surface area contributed by atoms with Gasteiger partial charge in [0.25, 0.3) is 0 Å². The lowest BCUT2D eigenvalue weighted by Crippen LogP contribution is -2.25. The highest BCUT2D eigenvalue weighted by Crippen LogP contribution is 2.63. The van der Waals surface area contributed by atoms with E-state index in [0.717, 1.165) is 5.69 Å². The Morgan fingerprint density at radius 2 is 0.587 bits per heavy atom. The molecular formula is C61H38N2. The minimum atomic E-state index is -0.383. The summed E-state index contributed by atoms with van der Waals surface area (Å²) in [6.07, 6.45) is 0. The van der Waals surface area contributed by atoms with Gasteiger partial charge < -0.3 is 9.13 Å². The third kappa shape index (κ3) is 4.67. The fourth-order valence-electron chi connectivity index (χ4n) is 11.5. The van der Waals surface area contributed by atoms with Crippen LogP contribution in [0.15, 0.2) is 231 Å². The molecule has 0 atom stereocenters. The third-order valence-corrected chi connectivity index (χ3v) is 14.1. The first-order valence-electron chi connectivity index (χ1n) is 21.9. The summed E-state index contributed by atoms with van der Waals surface area (Å²) in [5.41, 5.74) is 22.4. The summed E-state index contributed by atoms with van der Waals surface area (Å²) in [6.45, 7) is 0. The number of aromatic nitrogens is 2. The first-order chi connectivity index (χ1) is 31.3. The van der Waals surface area contributed by atoms with Crippen LogP contribution >= 0.6 is 0 Å². The highest BCUT2D eigenvalue weighted by molar-refractivity contribution is 6.13. The Labute approximate surface area is 365 Å². The average Bonchev–Trinajstić information content (AvgIpc) is 4.06. The van der Waals surface area contributed by atoms with Crippen molar-refractivity contribution >= 4 is 43.6 Å². The summed E-state index contributed by atoms with van der Waals surface area (Å²) in [5.74, 6) is 0. The normalized spacial score (nSPS) is 13.2. The maximum absolute atomic E-state index is 2.50. The number of nitrogens with zero attached hydrogens (tertiary/aromatic N) is 2.